The second-order valence-corrected chi connectivity index (χ2v) is 6.55. The molecule has 4 aromatic rings. The summed E-state index contributed by atoms with van der Waals surface area (Å²) in [5.74, 6) is -0.633. The van der Waals surface area contributed by atoms with E-state index >= 15 is 0 Å². The van der Waals surface area contributed by atoms with Crippen molar-refractivity contribution >= 4 is 12.1 Å². The molecule has 4 rings (SSSR count). The minimum atomic E-state index is -0.337. The molecule has 0 aliphatic heterocycles. The summed E-state index contributed by atoms with van der Waals surface area (Å²) in [7, 11) is 0. The zero-order valence-corrected chi connectivity index (χ0v) is 15.9. The summed E-state index contributed by atoms with van der Waals surface area (Å²) < 4.78 is 14.7. The predicted octanol–water partition coefficient (Wildman–Crippen LogP) is 3.77. The molecular weight excluding hydrogens is 381 g/mol. The van der Waals surface area contributed by atoms with Gasteiger partial charge >= 0.3 is 0 Å². The fourth-order valence-corrected chi connectivity index (χ4v) is 2.92. The molecule has 0 aliphatic carbocycles. The Kier molecular flexibility index (Phi) is 5.70. The van der Waals surface area contributed by atoms with Crippen LogP contribution in [0.15, 0.2) is 90.4 Å². The molecule has 148 valence electrons. The summed E-state index contributed by atoms with van der Waals surface area (Å²) in [6.07, 6.45) is 6.92. The first-order valence-electron chi connectivity index (χ1n) is 9.31. The lowest BCUT2D eigenvalue weighted by Crippen LogP contribution is -2.19. The van der Waals surface area contributed by atoms with E-state index in [1.807, 2.05) is 48.7 Å². The number of benzene rings is 2. The van der Waals surface area contributed by atoms with Gasteiger partial charge in [-0.1, -0.05) is 30.3 Å². The van der Waals surface area contributed by atoms with Crippen LogP contribution in [0.4, 0.5) is 4.39 Å². The van der Waals surface area contributed by atoms with Gasteiger partial charge in [0.1, 0.15) is 11.5 Å². The molecular formula is C23H18FN5O. The van der Waals surface area contributed by atoms with Crippen LogP contribution in [0.25, 0.3) is 16.9 Å². The third kappa shape index (κ3) is 4.64. The largest absolute Gasteiger partial charge is 0.273 e. The molecule has 1 N–H and O–H groups in total. The minimum absolute atomic E-state index is 0.107. The van der Waals surface area contributed by atoms with Gasteiger partial charge in [-0.15, -0.1) is 0 Å². The highest BCUT2D eigenvalue weighted by Gasteiger charge is 2.11. The van der Waals surface area contributed by atoms with Crippen molar-refractivity contribution in [2.24, 2.45) is 5.10 Å². The number of pyridine rings is 1. The van der Waals surface area contributed by atoms with Crippen molar-refractivity contribution in [3.8, 4) is 16.9 Å². The van der Waals surface area contributed by atoms with Crippen molar-refractivity contribution in [3.63, 3.8) is 0 Å². The Morgan fingerprint density at radius 1 is 1.07 bits per heavy atom. The van der Waals surface area contributed by atoms with E-state index in [-0.39, 0.29) is 18.1 Å². The van der Waals surface area contributed by atoms with E-state index in [1.165, 1.54) is 12.1 Å². The highest BCUT2D eigenvalue weighted by atomic mass is 19.1. The van der Waals surface area contributed by atoms with E-state index in [0.29, 0.717) is 11.3 Å². The maximum atomic E-state index is 13.0. The van der Waals surface area contributed by atoms with E-state index in [9.17, 15) is 9.18 Å². The quantitative estimate of drug-likeness (QED) is 0.396. The van der Waals surface area contributed by atoms with Crippen LogP contribution in [0.5, 0.6) is 0 Å². The van der Waals surface area contributed by atoms with Crippen LogP contribution in [0.3, 0.4) is 0 Å². The van der Waals surface area contributed by atoms with Crippen LogP contribution < -0.4 is 5.43 Å². The van der Waals surface area contributed by atoms with Crippen molar-refractivity contribution in [1.29, 1.82) is 0 Å². The summed E-state index contributed by atoms with van der Waals surface area (Å²) >= 11 is 0. The molecule has 0 spiro atoms. The molecule has 0 saturated carbocycles. The number of aromatic nitrogens is 3. The number of nitrogens with one attached hydrogen (secondary N) is 1. The molecule has 0 bridgehead atoms. The summed E-state index contributed by atoms with van der Waals surface area (Å²) in [4.78, 5) is 16.3. The Bertz CT molecular complexity index is 1160. The van der Waals surface area contributed by atoms with E-state index in [2.05, 4.69) is 20.6 Å². The first-order valence-corrected chi connectivity index (χ1v) is 9.31. The Hall–Kier alpha value is -4.13. The third-order valence-corrected chi connectivity index (χ3v) is 4.37. The summed E-state index contributed by atoms with van der Waals surface area (Å²) in [6.45, 7) is 0. The van der Waals surface area contributed by atoms with Gasteiger partial charge in [-0.05, 0) is 42.0 Å². The topological polar surface area (TPSA) is 72.2 Å². The molecule has 1 amide bonds. The SMILES string of the molecule is O=C(Cc1ccc(F)cc1)N/N=C/c1cn(-c2ccccc2)nc1-c1cccnc1. The zero-order valence-electron chi connectivity index (χ0n) is 15.9. The van der Waals surface area contributed by atoms with Gasteiger partial charge in [0.15, 0.2) is 0 Å². The molecule has 2 aromatic heterocycles. The van der Waals surface area contributed by atoms with Gasteiger partial charge in [-0.3, -0.25) is 9.78 Å². The number of hydrogen-bond acceptors (Lipinski definition) is 4. The predicted molar refractivity (Wildman–Crippen MR) is 113 cm³/mol. The monoisotopic (exact) mass is 399 g/mol. The lowest BCUT2D eigenvalue weighted by Gasteiger charge is -2.00. The number of hydrogen-bond donors (Lipinski definition) is 1. The van der Waals surface area contributed by atoms with Gasteiger partial charge in [0.25, 0.3) is 0 Å². The molecule has 0 fully saturated rings. The third-order valence-electron chi connectivity index (χ3n) is 4.37. The maximum Gasteiger partial charge on any atom is 0.244 e. The van der Waals surface area contributed by atoms with Gasteiger partial charge in [0, 0.05) is 29.7 Å². The molecule has 0 radical (unpaired) electrons. The van der Waals surface area contributed by atoms with Crippen LogP contribution >= 0.6 is 0 Å². The standard InChI is InChI=1S/C23H18FN5O/c24-20-10-8-17(9-11-20)13-22(30)27-26-15-19-16-29(21-6-2-1-3-7-21)28-23(19)18-5-4-12-25-14-18/h1-12,14-16H,13H2,(H,27,30)/b26-15+. The van der Waals surface area contributed by atoms with Crippen LogP contribution in [0.2, 0.25) is 0 Å². The fourth-order valence-electron chi connectivity index (χ4n) is 2.92. The van der Waals surface area contributed by atoms with Crippen LogP contribution in [0.1, 0.15) is 11.1 Å². The molecule has 2 aromatic carbocycles. The highest BCUT2D eigenvalue weighted by Crippen LogP contribution is 2.21. The molecule has 30 heavy (non-hydrogen) atoms. The summed E-state index contributed by atoms with van der Waals surface area (Å²) in [5, 5.41) is 8.74. The number of para-hydroxylation sites is 1. The molecule has 0 atom stereocenters. The number of halogens is 1. The number of rotatable bonds is 6. The number of carbonyl (C=O) groups is 1. The van der Waals surface area contributed by atoms with Crippen molar-refractivity contribution in [2.75, 3.05) is 0 Å². The van der Waals surface area contributed by atoms with Crippen molar-refractivity contribution in [1.82, 2.24) is 20.2 Å². The molecule has 0 saturated heterocycles. The smallest absolute Gasteiger partial charge is 0.244 e. The lowest BCUT2D eigenvalue weighted by atomic mass is 10.1. The van der Waals surface area contributed by atoms with Gasteiger partial charge in [-0.2, -0.15) is 10.2 Å². The maximum absolute atomic E-state index is 13.0. The number of nitrogens with zero attached hydrogens (tertiary/aromatic N) is 4. The summed E-state index contributed by atoms with van der Waals surface area (Å²) in [6, 6.07) is 19.2. The fraction of sp³-hybridized carbons (Fsp3) is 0.0435. The normalized spacial score (nSPS) is 11.0. The Morgan fingerprint density at radius 2 is 1.87 bits per heavy atom. The van der Waals surface area contributed by atoms with Crippen LogP contribution in [-0.4, -0.2) is 26.9 Å². The van der Waals surface area contributed by atoms with Crippen molar-refractivity contribution < 1.29 is 9.18 Å². The van der Waals surface area contributed by atoms with Crippen molar-refractivity contribution in [2.45, 2.75) is 6.42 Å². The molecule has 0 aliphatic rings. The number of carbonyl (C=O) groups excluding carboxylic acids is 1. The Labute approximate surface area is 172 Å². The second kappa shape index (κ2) is 8.91. The Morgan fingerprint density at radius 3 is 2.60 bits per heavy atom. The molecule has 0 unspecified atom stereocenters. The average Bonchev–Trinajstić information content (AvgIpc) is 3.21. The van der Waals surface area contributed by atoms with Gasteiger partial charge in [0.05, 0.1) is 18.3 Å². The van der Waals surface area contributed by atoms with Gasteiger partial charge in [0.2, 0.25) is 5.91 Å². The molecule has 6 nitrogen and oxygen atoms in total. The average molecular weight is 399 g/mol. The summed E-state index contributed by atoms with van der Waals surface area (Å²) in [5.41, 5.74) is 6.38. The molecule has 2 heterocycles. The first kappa shape index (κ1) is 19.2. The van der Waals surface area contributed by atoms with E-state index in [0.717, 1.165) is 16.8 Å². The van der Waals surface area contributed by atoms with E-state index in [4.69, 9.17) is 0 Å². The van der Waals surface area contributed by atoms with Crippen LogP contribution in [-0.2, 0) is 11.2 Å². The zero-order chi connectivity index (χ0) is 20.8. The van der Waals surface area contributed by atoms with Crippen LogP contribution in [0, 0.1) is 5.82 Å². The van der Waals surface area contributed by atoms with Crippen molar-refractivity contribution in [3.05, 3.63) is 102 Å². The highest BCUT2D eigenvalue weighted by molar-refractivity contribution is 5.89. The minimum Gasteiger partial charge on any atom is -0.273 e. The van der Waals surface area contributed by atoms with E-state index in [1.54, 1.807) is 35.4 Å². The number of amides is 1. The lowest BCUT2D eigenvalue weighted by molar-refractivity contribution is -0.120. The molecule has 7 heteroatoms. The van der Waals surface area contributed by atoms with E-state index < -0.39 is 0 Å². The second-order valence-electron chi connectivity index (χ2n) is 6.55. The van der Waals surface area contributed by atoms with Gasteiger partial charge < -0.3 is 0 Å². The van der Waals surface area contributed by atoms with Gasteiger partial charge in [-0.25, -0.2) is 14.5 Å². The number of hydrazone groups is 1. The first-order chi connectivity index (χ1) is 14.7. The Balaban J connectivity index is 1.54.